The summed E-state index contributed by atoms with van der Waals surface area (Å²) >= 11 is 0. The summed E-state index contributed by atoms with van der Waals surface area (Å²) in [5.74, 6) is 1.41. The Morgan fingerprint density at radius 2 is 1.78 bits per heavy atom. The zero-order valence-electron chi connectivity index (χ0n) is 13.6. The molecule has 0 atom stereocenters. The largest absolute Gasteiger partial charge is 0.242 e. The number of allylic oxidation sites excluding steroid dienone is 2. The first-order valence-electron chi connectivity index (χ1n) is 8.62. The number of alkyl halides is 2. The van der Waals surface area contributed by atoms with E-state index in [1.165, 1.54) is 37.7 Å². The van der Waals surface area contributed by atoms with Crippen molar-refractivity contribution < 1.29 is 8.78 Å². The Labute approximate surface area is 138 Å². The van der Waals surface area contributed by atoms with E-state index in [1.807, 2.05) is 18.2 Å². The Morgan fingerprint density at radius 3 is 2.39 bits per heavy atom. The fraction of sp³-hybridized carbons (Fsp3) is 0.550. The van der Waals surface area contributed by atoms with Crippen molar-refractivity contribution in [2.45, 2.75) is 63.7 Å². The summed E-state index contributed by atoms with van der Waals surface area (Å²) in [6, 6.07) is 10.2. The van der Waals surface area contributed by atoms with E-state index in [-0.39, 0.29) is 6.42 Å². The zero-order valence-corrected chi connectivity index (χ0v) is 13.6. The molecule has 0 bridgehead atoms. The van der Waals surface area contributed by atoms with Gasteiger partial charge >= 0.3 is 0 Å². The summed E-state index contributed by atoms with van der Waals surface area (Å²) in [5, 5.41) is 8.85. The molecule has 1 aromatic carbocycles. The van der Waals surface area contributed by atoms with Crippen LogP contribution in [0.25, 0.3) is 0 Å². The van der Waals surface area contributed by atoms with Gasteiger partial charge in [-0.15, -0.1) is 0 Å². The van der Waals surface area contributed by atoms with E-state index in [4.69, 9.17) is 5.26 Å². The van der Waals surface area contributed by atoms with Crippen LogP contribution >= 0.6 is 0 Å². The summed E-state index contributed by atoms with van der Waals surface area (Å²) in [5.41, 5.74) is 2.08. The van der Waals surface area contributed by atoms with Gasteiger partial charge in [0, 0.05) is 6.42 Å². The summed E-state index contributed by atoms with van der Waals surface area (Å²) in [4.78, 5) is 0. The molecule has 0 aromatic heterocycles. The first kappa shape index (κ1) is 17.7. The second kappa shape index (κ2) is 9.45. The maximum atomic E-state index is 12.0. The topological polar surface area (TPSA) is 23.8 Å². The third-order valence-electron chi connectivity index (χ3n) is 4.82. The molecule has 0 aliphatic heterocycles. The van der Waals surface area contributed by atoms with Gasteiger partial charge in [-0.1, -0.05) is 30.7 Å². The third-order valence-corrected chi connectivity index (χ3v) is 4.82. The van der Waals surface area contributed by atoms with Gasteiger partial charge in [0.1, 0.15) is 0 Å². The van der Waals surface area contributed by atoms with Crippen LogP contribution in [-0.4, -0.2) is 6.43 Å². The van der Waals surface area contributed by atoms with Crippen LogP contribution in [0, 0.1) is 17.2 Å². The lowest BCUT2D eigenvalue weighted by molar-refractivity contribution is 0.152. The molecule has 1 saturated carbocycles. The molecular formula is C20H25F2N. The summed E-state index contributed by atoms with van der Waals surface area (Å²) in [7, 11) is 0. The second-order valence-electron chi connectivity index (χ2n) is 6.48. The zero-order chi connectivity index (χ0) is 16.5. The van der Waals surface area contributed by atoms with Crippen LogP contribution in [0.15, 0.2) is 36.4 Å². The van der Waals surface area contributed by atoms with Crippen LogP contribution in [0.2, 0.25) is 0 Å². The number of nitriles is 1. The van der Waals surface area contributed by atoms with Crippen LogP contribution in [0.1, 0.15) is 68.4 Å². The lowest BCUT2D eigenvalue weighted by atomic mass is 9.77. The number of unbranched alkanes of at least 4 members (excludes halogenated alkanes) is 1. The molecule has 1 aromatic rings. The van der Waals surface area contributed by atoms with Gasteiger partial charge in [0.25, 0.3) is 0 Å². The predicted molar refractivity (Wildman–Crippen MR) is 89.5 cm³/mol. The number of benzene rings is 1. The maximum Gasteiger partial charge on any atom is 0.242 e. The monoisotopic (exact) mass is 317 g/mol. The number of halogens is 2. The molecule has 0 unspecified atom stereocenters. The van der Waals surface area contributed by atoms with E-state index in [0.29, 0.717) is 5.92 Å². The minimum absolute atomic E-state index is 0.115. The van der Waals surface area contributed by atoms with Crippen molar-refractivity contribution in [3.8, 4) is 6.07 Å². The van der Waals surface area contributed by atoms with Crippen molar-refractivity contribution in [3.63, 3.8) is 0 Å². The number of hydrogen-bond donors (Lipinski definition) is 0. The number of hydrogen-bond acceptors (Lipinski definition) is 1. The van der Waals surface area contributed by atoms with Crippen molar-refractivity contribution >= 4 is 0 Å². The lowest BCUT2D eigenvalue weighted by Crippen LogP contribution is -2.13. The molecule has 1 aliphatic carbocycles. The molecule has 0 heterocycles. The highest BCUT2D eigenvalue weighted by Crippen LogP contribution is 2.37. The summed E-state index contributed by atoms with van der Waals surface area (Å²) < 4.78 is 24.0. The minimum atomic E-state index is -2.22. The van der Waals surface area contributed by atoms with Crippen LogP contribution in [0.3, 0.4) is 0 Å². The Kier molecular flexibility index (Phi) is 7.26. The van der Waals surface area contributed by atoms with Crippen LogP contribution in [0.4, 0.5) is 8.78 Å². The van der Waals surface area contributed by atoms with E-state index in [0.717, 1.165) is 24.3 Å². The molecular weight excluding hydrogens is 292 g/mol. The standard InChI is InChI=1S/C20H25F2N/c21-20(22)6-4-2-1-3-5-16-7-11-18(12-8-16)19-13-9-17(15-23)10-14-19/h2,4,9-10,13-14,16,18,20H,1,3,5-8,11-12H2. The van der Waals surface area contributed by atoms with Gasteiger partial charge in [-0.05, 0) is 68.1 Å². The Hall–Kier alpha value is -1.69. The SMILES string of the molecule is N#Cc1ccc(C2CCC(CCCC=CCC(F)F)CC2)cc1. The molecule has 1 nitrogen and oxygen atoms in total. The molecule has 23 heavy (non-hydrogen) atoms. The van der Waals surface area contributed by atoms with E-state index in [2.05, 4.69) is 18.2 Å². The average Bonchev–Trinajstić information content (AvgIpc) is 2.58. The quantitative estimate of drug-likeness (QED) is 0.433. The molecule has 2 rings (SSSR count). The van der Waals surface area contributed by atoms with Crippen molar-refractivity contribution in [1.29, 1.82) is 5.26 Å². The highest BCUT2D eigenvalue weighted by Gasteiger charge is 2.21. The lowest BCUT2D eigenvalue weighted by Gasteiger charge is -2.28. The second-order valence-corrected chi connectivity index (χ2v) is 6.48. The Bertz CT molecular complexity index is 520. The van der Waals surface area contributed by atoms with Gasteiger partial charge in [0.2, 0.25) is 6.43 Å². The van der Waals surface area contributed by atoms with E-state index in [1.54, 1.807) is 6.08 Å². The van der Waals surface area contributed by atoms with Gasteiger partial charge in [0.05, 0.1) is 11.6 Å². The highest BCUT2D eigenvalue weighted by atomic mass is 19.3. The molecule has 0 N–H and O–H groups in total. The third kappa shape index (κ3) is 6.14. The number of nitrogens with zero attached hydrogens (tertiary/aromatic N) is 1. The van der Waals surface area contributed by atoms with E-state index >= 15 is 0 Å². The van der Waals surface area contributed by atoms with Crippen molar-refractivity contribution in [3.05, 3.63) is 47.5 Å². The van der Waals surface area contributed by atoms with E-state index < -0.39 is 6.43 Å². The molecule has 3 heteroatoms. The summed E-state index contributed by atoms with van der Waals surface area (Å²) in [6.07, 6.45) is 9.35. The van der Waals surface area contributed by atoms with Crippen LogP contribution < -0.4 is 0 Å². The fourth-order valence-corrected chi connectivity index (χ4v) is 3.46. The van der Waals surface area contributed by atoms with Gasteiger partial charge in [-0.3, -0.25) is 0 Å². The molecule has 0 spiro atoms. The predicted octanol–water partition coefficient (Wildman–Crippen LogP) is 6.21. The highest BCUT2D eigenvalue weighted by molar-refractivity contribution is 5.33. The normalized spacial score (nSPS) is 21.7. The van der Waals surface area contributed by atoms with Crippen molar-refractivity contribution in [1.82, 2.24) is 0 Å². The number of rotatable bonds is 7. The molecule has 124 valence electrons. The summed E-state index contributed by atoms with van der Waals surface area (Å²) in [6.45, 7) is 0. The average molecular weight is 317 g/mol. The van der Waals surface area contributed by atoms with Crippen molar-refractivity contribution in [2.75, 3.05) is 0 Å². The van der Waals surface area contributed by atoms with Gasteiger partial charge < -0.3 is 0 Å². The fourth-order valence-electron chi connectivity index (χ4n) is 3.46. The van der Waals surface area contributed by atoms with Crippen LogP contribution in [0.5, 0.6) is 0 Å². The van der Waals surface area contributed by atoms with Crippen molar-refractivity contribution in [2.24, 2.45) is 5.92 Å². The first-order valence-corrected chi connectivity index (χ1v) is 8.62. The van der Waals surface area contributed by atoms with Gasteiger partial charge in [-0.25, -0.2) is 8.78 Å². The molecule has 1 fully saturated rings. The van der Waals surface area contributed by atoms with Gasteiger partial charge in [0.15, 0.2) is 0 Å². The smallest absolute Gasteiger partial charge is 0.210 e. The Morgan fingerprint density at radius 1 is 1.09 bits per heavy atom. The molecule has 1 aliphatic rings. The minimum Gasteiger partial charge on any atom is -0.210 e. The van der Waals surface area contributed by atoms with Gasteiger partial charge in [-0.2, -0.15) is 5.26 Å². The van der Waals surface area contributed by atoms with Crippen LogP contribution in [-0.2, 0) is 0 Å². The maximum absolute atomic E-state index is 12.0. The first-order chi connectivity index (χ1) is 11.2. The molecule has 0 amide bonds. The molecule has 0 radical (unpaired) electrons. The Balaban J connectivity index is 1.65. The molecule has 0 saturated heterocycles. The van der Waals surface area contributed by atoms with E-state index in [9.17, 15) is 8.78 Å².